The first-order valence-corrected chi connectivity index (χ1v) is 24.1. The number of likely N-dealkylation sites (N-methyl/N-ethyl adjacent to an activating group) is 3. The number of alkyl halides is 3. The van der Waals surface area contributed by atoms with E-state index in [2.05, 4.69) is 58.8 Å². The fourth-order valence-corrected chi connectivity index (χ4v) is 12.2. The molecule has 0 saturated carbocycles. The second kappa shape index (κ2) is 16.3. The number of nitrogens with zero attached hydrogens (tertiary/aromatic N) is 4. The number of likely N-dealkylation sites (tertiary alicyclic amines) is 2. The molecule has 1 amide bonds. The lowest BCUT2D eigenvalue weighted by Crippen LogP contribution is -2.60. The van der Waals surface area contributed by atoms with E-state index in [1.54, 1.807) is 48.5 Å². The predicted molar refractivity (Wildman–Crippen MR) is 244 cm³/mol. The van der Waals surface area contributed by atoms with Gasteiger partial charge in [-0.25, -0.2) is 8.42 Å². The third kappa shape index (κ3) is 7.19. The Labute approximate surface area is 377 Å². The number of amides is 1. The summed E-state index contributed by atoms with van der Waals surface area (Å²) in [5.41, 5.74) is -1.11. The van der Waals surface area contributed by atoms with Gasteiger partial charge >= 0.3 is 15.6 Å². The molecule has 2 N–H and O–H groups in total. The minimum absolute atomic E-state index is 0.0324. The lowest BCUT2D eigenvalue weighted by atomic mass is 9.55. The first-order valence-electron chi connectivity index (χ1n) is 21.3. The minimum Gasteiger partial charge on any atom is -0.374 e. The monoisotopic (exact) mass is 926 g/mol. The molecule has 0 aliphatic carbocycles. The van der Waals surface area contributed by atoms with Gasteiger partial charge in [-0.3, -0.25) is 14.6 Å². The maximum atomic E-state index is 15.8. The number of hydrogen-bond donors (Lipinski definition) is 2. The van der Waals surface area contributed by atoms with E-state index in [1.165, 1.54) is 53.9 Å². The van der Waals surface area contributed by atoms with Crippen LogP contribution in [0, 0.1) is 6.92 Å². The smallest absolute Gasteiger partial charge is 0.374 e. The Hall–Kier alpha value is -5.72. The van der Waals surface area contributed by atoms with Crippen molar-refractivity contribution < 1.29 is 39.0 Å². The maximum absolute atomic E-state index is 15.8. The molecular weight excluding hydrogens is 878 g/mol. The maximum Gasteiger partial charge on any atom is 0.534 e. The molecule has 0 aromatic heterocycles. The topological polar surface area (TPSA) is 132 Å². The highest BCUT2D eigenvalue weighted by Gasteiger charge is 2.71. The number of sulfonamides is 1. The molecule has 4 aliphatic heterocycles. The van der Waals surface area contributed by atoms with Crippen LogP contribution in [0.2, 0.25) is 0 Å². The number of carbonyl (C=O) groups excluding carboxylic acids is 1. The van der Waals surface area contributed by atoms with Crippen molar-refractivity contribution in [3.05, 3.63) is 155 Å². The van der Waals surface area contributed by atoms with Crippen molar-refractivity contribution in [3.8, 4) is 5.75 Å². The molecule has 5 aromatic rings. The predicted octanol–water partition coefficient (Wildman–Crippen LogP) is 7.51. The normalized spacial score (nSPS) is 23.0. The van der Waals surface area contributed by atoms with Gasteiger partial charge in [-0.15, -0.1) is 0 Å². The van der Waals surface area contributed by atoms with Crippen molar-refractivity contribution in [1.82, 2.24) is 14.1 Å². The second-order valence-corrected chi connectivity index (χ2v) is 20.9. The van der Waals surface area contributed by atoms with Crippen molar-refractivity contribution >= 4 is 48.7 Å². The number of aryl methyl sites for hydroxylation is 1. The Balaban J connectivity index is 1.23. The van der Waals surface area contributed by atoms with Crippen LogP contribution in [0.25, 0.3) is 5.57 Å². The summed E-state index contributed by atoms with van der Waals surface area (Å²) in [6.45, 7) is 2.96. The molecule has 2 saturated heterocycles. The Bertz CT molecular complexity index is 2920. The summed E-state index contributed by atoms with van der Waals surface area (Å²) in [7, 11) is -4.64. The number of fused-ring (bicyclic) bond motifs is 7. The summed E-state index contributed by atoms with van der Waals surface area (Å²) in [5, 5.41) is 7.71. The molecule has 0 bridgehead atoms. The number of rotatable bonds is 12. The van der Waals surface area contributed by atoms with E-state index in [0.717, 1.165) is 53.1 Å². The summed E-state index contributed by atoms with van der Waals surface area (Å²) in [4.78, 5) is 21.6. The number of carbonyl (C=O) groups is 1. The van der Waals surface area contributed by atoms with Crippen LogP contribution in [-0.2, 0) is 42.3 Å². The summed E-state index contributed by atoms with van der Waals surface area (Å²) >= 11 is 0. The lowest BCUT2D eigenvalue weighted by Gasteiger charge is -2.48. The Morgan fingerprint density at radius 1 is 0.785 bits per heavy atom. The van der Waals surface area contributed by atoms with Gasteiger partial charge in [-0.05, 0) is 80.9 Å². The Morgan fingerprint density at radius 2 is 1.38 bits per heavy atom. The van der Waals surface area contributed by atoms with Crippen LogP contribution in [-0.4, -0.2) is 95.5 Å². The Kier molecular flexibility index (Phi) is 11.2. The average molecular weight is 927 g/mol. The molecule has 9 rings (SSSR count). The van der Waals surface area contributed by atoms with Crippen molar-refractivity contribution in [2.24, 2.45) is 0 Å². The van der Waals surface area contributed by atoms with Gasteiger partial charge in [0.15, 0.2) is 5.75 Å². The molecular formula is C48H49F3N6O6S2. The summed E-state index contributed by atoms with van der Waals surface area (Å²) < 4.78 is 100. The van der Waals surface area contributed by atoms with Gasteiger partial charge in [-0.2, -0.15) is 25.9 Å². The molecule has 4 aliphatic rings. The van der Waals surface area contributed by atoms with Crippen LogP contribution in [0.5, 0.6) is 5.75 Å². The van der Waals surface area contributed by atoms with Crippen molar-refractivity contribution in [2.75, 3.05) is 56.3 Å². The highest BCUT2D eigenvalue weighted by molar-refractivity contribution is 7.89. The zero-order chi connectivity index (χ0) is 46.1. The molecule has 0 spiro atoms. The van der Waals surface area contributed by atoms with Gasteiger partial charge in [0.05, 0.1) is 29.5 Å². The minimum atomic E-state index is -6.16. The highest BCUT2D eigenvalue weighted by atomic mass is 32.2. The molecule has 65 heavy (non-hydrogen) atoms. The highest BCUT2D eigenvalue weighted by Crippen LogP contribution is 2.66. The van der Waals surface area contributed by atoms with Gasteiger partial charge in [0, 0.05) is 60.0 Å². The van der Waals surface area contributed by atoms with E-state index in [4.69, 9.17) is 4.18 Å². The van der Waals surface area contributed by atoms with Crippen molar-refractivity contribution in [2.45, 2.75) is 59.9 Å². The van der Waals surface area contributed by atoms with Gasteiger partial charge in [0.2, 0.25) is 10.0 Å². The zero-order valence-corrected chi connectivity index (χ0v) is 37.8. The molecule has 4 heterocycles. The van der Waals surface area contributed by atoms with Crippen LogP contribution in [0.3, 0.4) is 0 Å². The third-order valence-electron chi connectivity index (χ3n) is 13.7. The quantitative estimate of drug-likeness (QED) is 0.0737. The SMILES string of the molecule is Cc1ccc(S(=O)(=O)N(C)C/C=C(\C(=O)N(Cc2ccccc2)c2ccccc2OS(=O)(=O)C(F)(F)F)c2cccc3c2N[C@H]2N(C)CC[C@@]32[C@]23CCN(C)[C@H]2Nc2ccccc23)cc1. The van der Waals surface area contributed by atoms with E-state index in [-0.39, 0.29) is 41.6 Å². The molecule has 17 heteroatoms. The largest absolute Gasteiger partial charge is 0.534 e. The standard InChI is InChI=1S/C48H49F3N6O6S2/c1-32-21-23-34(24-22-32)64(59,60)56(4)28-25-36(43(58)57(31-33-13-6-5-7-14-33)40-19-10-11-20-41(40)63-65(61,62)48(49,50)51)35-15-12-17-38-42(35)53-45-47(38,27-30-55(45)3)46-26-29-54(2)44(46)52-39-18-9-8-16-37(39)46/h5-25,44-45,52-53H,26-31H2,1-4H3/b36-25-/t44-,45+,46+,47-/m1/s1. The van der Waals surface area contributed by atoms with E-state index in [1.807, 2.05) is 19.1 Å². The van der Waals surface area contributed by atoms with Gasteiger partial charge < -0.3 is 19.7 Å². The van der Waals surface area contributed by atoms with E-state index >= 15 is 4.79 Å². The number of benzene rings is 5. The van der Waals surface area contributed by atoms with Crippen LogP contribution >= 0.6 is 0 Å². The van der Waals surface area contributed by atoms with Crippen molar-refractivity contribution in [1.29, 1.82) is 0 Å². The van der Waals surface area contributed by atoms with E-state index < -0.39 is 48.1 Å². The molecule has 5 aromatic carbocycles. The number of nitrogens with one attached hydrogen (secondary N) is 2. The van der Waals surface area contributed by atoms with E-state index in [0.29, 0.717) is 16.8 Å². The van der Waals surface area contributed by atoms with Crippen LogP contribution in [0.1, 0.15) is 40.7 Å². The second-order valence-electron chi connectivity index (χ2n) is 17.3. The number of hydrogen-bond acceptors (Lipinski definition) is 10. The first kappa shape index (κ1) is 44.5. The molecule has 0 unspecified atom stereocenters. The lowest BCUT2D eigenvalue weighted by molar-refractivity contribution is -0.113. The Morgan fingerprint density at radius 3 is 2.08 bits per heavy atom. The van der Waals surface area contributed by atoms with Crippen LogP contribution in [0.15, 0.2) is 132 Å². The average Bonchev–Trinajstić information content (AvgIpc) is 4.01. The fourth-order valence-electron chi connectivity index (χ4n) is 10.6. The van der Waals surface area contributed by atoms with Crippen LogP contribution < -0.4 is 19.7 Å². The van der Waals surface area contributed by atoms with Crippen LogP contribution in [0.4, 0.5) is 30.2 Å². The zero-order valence-electron chi connectivity index (χ0n) is 36.2. The third-order valence-corrected chi connectivity index (χ3v) is 16.5. The number of anilines is 3. The van der Waals surface area contributed by atoms with Crippen molar-refractivity contribution in [3.63, 3.8) is 0 Å². The molecule has 12 nitrogen and oxygen atoms in total. The molecule has 0 radical (unpaired) electrons. The number of para-hydroxylation sites is 4. The van der Waals surface area contributed by atoms with Gasteiger partial charge in [-0.1, -0.05) is 103 Å². The summed E-state index contributed by atoms with van der Waals surface area (Å²) in [6, 6.07) is 34.4. The summed E-state index contributed by atoms with van der Waals surface area (Å²) in [6.07, 6.45) is 2.86. The molecule has 4 atom stereocenters. The first-order chi connectivity index (χ1) is 30.9. The number of halogens is 3. The van der Waals surface area contributed by atoms with Gasteiger partial charge in [0.1, 0.15) is 0 Å². The summed E-state index contributed by atoms with van der Waals surface area (Å²) in [5.74, 6) is -1.46. The molecule has 340 valence electrons. The molecule has 2 fully saturated rings. The van der Waals surface area contributed by atoms with Gasteiger partial charge in [0.25, 0.3) is 5.91 Å². The van der Waals surface area contributed by atoms with E-state index in [9.17, 15) is 30.0 Å². The fraction of sp³-hybridized carbons (Fsp3) is 0.312.